The quantitative estimate of drug-likeness (QED) is 0.769. The standard InChI is InChI=1S/C19H18ClNO4/c1-13(25-16-8-6-15(20)7-9-16)19(23)24-12-18(22)21-11-10-14-4-2-3-5-17(14)21/h2-9,13H,10-12H2,1H3/t13-/m1/s1. The van der Waals surface area contributed by atoms with Gasteiger partial charge in [0.25, 0.3) is 5.91 Å². The van der Waals surface area contributed by atoms with Crippen molar-refractivity contribution in [1.29, 1.82) is 0 Å². The van der Waals surface area contributed by atoms with Gasteiger partial charge in [0.15, 0.2) is 12.7 Å². The number of carbonyl (C=O) groups is 2. The summed E-state index contributed by atoms with van der Waals surface area (Å²) in [6.45, 7) is 1.88. The van der Waals surface area contributed by atoms with Crippen molar-refractivity contribution in [2.75, 3.05) is 18.1 Å². The number of benzene rings is 2. The minimum Gasteiger partial charge on any atom is -0.479 e. The Morgan fingerprint density at radius 1 is 1.16 bits per heavy atom. The molecule has 6 heteroatoms. The zero-order chi connectivity index (χ0) is 17.8. The van der Waals surface area contributed by atoms with Crippen molar-refractivity contribution < 1.29 is 19.1 Å². The van der Waals surface area contributed by atoms with E-state index < -0.39 is 12.1 Å². The number of anilines is 1. The van der Waals surface area contributed by atoms with Gasteiger partial charge in [-0.3, -0.25) is 4.79 Å². The normalized spacial score (nSPS) is 13.9. The number of esters is 1. The SMILES string of the molecule is C[C@@H](Oc1ccc(Cl)cc1)C(=O)OCC(=O)N1CCc2ccccc21. The van der Waals surface area contributed by atoms with Crippen LogP contribution in [0.4, 0.5) is 5.69 Å². The maximum absolute atomic E-state index is 12.3. The van der Waals surface area contributed by atoms with Crippen LogP contribution in [0.5, 0.6) is 5.75 Å². The lowest BCUT2D eigenvalue weighted by Gasteiger charge is -2.18. The Morgan fingerprint density at radius 2 is 1.88 bits per heavy atom. The van der Waals surface area contributed by atoms with E-state index in [0.717, 1.165) is 17.7 Å². The van der Waals surface area contributed by atoms with Crippen molar-refractivity contribution in [3.8, 4) is 5.75 Å². The van der Waals surface area contributed by atoms with E-state index >= 15 is 0 Å². The molecule has 130 valence electrons. The van der Waals surface area contributed by atoms with Crippen LogP contribution in [0.1, 0.15) is 12.5 Å². The van der Waals surface area contributed by atoms with Crippen LogP contribution in [-0.2, 0) is 20.7 Å². The first-order valence-electron chi connectivity index (χ1n) is 8.02. The number of ether oxygens (including phenoxy) is 2. The fraction of sp³-hybridized carbons (Fsp3) is 0.263. The summed E-state index contributed by atoms with van der Waals surface area (Å²) < 4.78 is 10.6. The molecule has 1 amide bonds. The van der Waals surface area contributed by atoms with E-state index in [4.69, 9.17) is 21.1 Å². The van der Waals surface area contributed by atoms with Gasteiger partial charge in [-0.15, -0.1) is 0 Å². The van der Waals surface area contributed by atoms with Gasteiger partial charge in [-0.25, -0.2) is 4.79 Å². The first-order valence-corrected chi connectivity index (χ1v) is 8.39. The minimum absolute atomic E-state index is 0.239. The molecule has 0 radical (unpaired) electrons. The highest BCUT2D eigenvalue weighted by atomic mass is 35.5. The third-order valence-electron chi connectivity index (χ3n) is 3.98. The molecule has 0 saturated carbocycles. The van der Waals surface area contributed by atoms with Gasteiger partial charge in [0.2, 0.25) is 0 Å². The second-order valence-corrected chi connectivity index (χ2v) is 6.18. The van der Waals surface area contributed by atoms with Crippen molar-refractivity contribution in [1.82, 2.24) is 0 Å². The number of halogens is 1. The van der Waals surface area contributed by atoms with Crippen LogP contribution in [0.15, 0.2) is 48.5 Å². The van der Waals surface area contributed by atoms with E-state index in [1.54, 1.807) is 36.1 Å². The van der Waals surface area contributed by atoms with Crippen LogP contribution < -0.4 is 9.64 Å². The number of amides is 1. The van der Waals surface area contributed by atoms with Crippen molar-refractivity contribution in [3.05, 3.63) is 59.1 Å². The molecule has 1 heterocycles. The maximum Gasteiger partial charge on any atom is 0.347 e. The number of nitrogens with zero attached hydrogens (tertiary/aromatic N) is 1. The summed E-state index contributed by atoms with van der Waals surface area (Å²) in [7, 11) is 0. The summed E-state index contributed by atoms with van der Waals surface area (Å²) in [4.78, 5) is 26.0. The number of fused-ring (bicyclic) bond motifs is 1. The van der Waals surface area contributed by atoms with Crippen LogP contribution in [0.3, 0.4) is 0 Å². The molecular weight excluding hydrogens is 342 g/mol. The van der Waals surface area contributed by atoms with Gasteiger partial charge in [-0.2, -0.15) is 0 Å². The Hall–Kier alpha value is -2.53. The molecule has 0 aromatic heterocycles. The third-order valence-corrected chi connectivity index (χ3v) is 4.24. The molecule has 0 bridgehead atoms. The summed E-state index contributed by atoms with van der Waals surface area (Å²) in [6.07, 6.45) is -0.00814. The first kappa shape index (κ1) is 17.3. The predicted molar refractivity (Wildman–Crippen MR) is 95.0 cm³/mol. The topological polar surface area (TPSA) is 55.8 Å². The fourth-order valence-corrected chi connectivity index (χ4v) is 2.82. The van der Waals surface area contributed by atoms with Gasteiger partial charge in [0, 0.05) is 17.3 Å². The second-order valence-electron chi connectivity index (χ2n) is 5.75. The molecule has 0 saturated heterocycles. The number of para-hydroxylation sites is 1. The van der Waals surface area contributed by atoms with Gasteiger partial charge < -0.3 is 14.4 Å². The fourth-order valence-electron chi connectivity index (χ4n) is 2.69. The first-order chi connectivity index (χ1) is 12.0. The molecule has 0 aliphatic carbocycles. The van der Waals surface area contributed by atoms with Crippen LogP contribution in [0, 0.1) is 0 Å². The van der Waals surface area contributed by atoms with E-state index in [9.17, 15) is 9.59 Å². The van der Waals surface area contributed by atoms with Gasteiger partial charge >= 0.3 is 5.97 Å². The summed E-state index contributed by atoms with van der Waals surface area (Å²) in [5.74, 6) is -0.318. The minimum atomic E-state index is -0.820. The largest absolute Gasteiger partial charge is 0.479 e. The molecule has 3 rings (SSSR count). The van der Waals surface area contributed by atoms with Crippen molar-refractivity contribution in [2.45, 2.75) is 19.4 Å². The predicted octanol–water partition coefficient (Wildman–Crippen LogP) is 3.24. The van der Waals surface area contributed by atoms with E-state index in [2.05, 4.69) is 0 Å². The summed E-state index contributed by atoms with van der Waals surface area (Å²) >= 11 is 5.80. The number of hydrogen-bond donors (Lipinski definition) is 0. The molecule has 0 N–H and O–H groups in total. The summed E-state index contributed by atoms with van der Waals surface area (Å²) in [6, 6.07) is 14.4. The van der Waals surface area contributed by atoms with E-state index in [1.165, 1.54) is 0 Å². The Morgan fingerprint density at radius 3 is 2.64 bits per heavy atom. The zero-order valence-electron chi connectivity index (χ0n) is 13.8. The third kappa shape index (κ3) is 4.12. The van der Waals surface area contributed by atoms with Crippen molar-refractivity contribution in [2.24, 2.45) is 0 Å². The lowest BCUT2D eigenvalue weighted by atomic mass is 10.2. The monoisotopic (exact) mass is 359 g/mol. The van der Waals surface area contributed by atoms with Crippen LogP contribution >= 0.6 is 11.6 Å². The van der Waals surface area contributed by atoms with Gasteiger partial charge in [-0.05, 0) is 49.2 Å². The van der Waals surface area contributed by atoms with Crippen LogP contribution in [0.25, 0.3) is 0 Å². The zero-order valence-corrected chi connectivity index (χ0v) is 14.5. The Labute approximate surface area is 151 Å². The Kier molecular flexibility index (Phi) is 5.24. The average molecular weight is 360 g/mol. The lowest BCUT2D eigenvalue weighted by Crippen LogP contribution is -2.35. The van der Waals surface area contributed by atoms with Crippen LogP contribution in [-0.4, -0.2) is 31.1 Å². The van der Waals surface area contributed by atoms with Gasteiger partial charge in [0.05, 0.1) is 0 Å². The van der Waals surface area contributed by atoms with E-state index in [1.807, 2.05) is 24.3 Å². The Bertz CT molecular complexity index is 775. The molecule has 5 nitrogen and oxygen atoms in total. The van der Waals surface area contributed by atoms with Crippen LogP contribution in [0.2, 0.25) is 5.02 Å². The highest BCUT2D eigenvalue weighted by Crippen LogP contribution is 2.27. The molecule has 1 atom stereocenters. The lowest BCUT2D eigenvalue weighted by molar-refractivity contribution is -0.154. The molecule has 2 aromatic rings. The maximum atomic E-state index is 12.3. The van der Waals surface area contributed by atoms with E-state index in [-0.39, 0.29) is 12.5 Å². The average Bonchev–Trinajstić information content (AvgIpc) is 3.05. The van der Waals surface area contributed by atoms with Crippen molar-refractivity contribution in [3.63, 3.8) is 0 Å². The molecule has 0 fully saturated rings. The summed E-state index contributed by atoms with van der Waals surface area (Å²) in [5, 5.41) is 0.582. The molecule has 25 heavy (non-hydrogen) atoms. The molecule has 1 aliphatic heterocycles. The number of rotatable bonds is 5. The molecule has 0 spiro atoms. The molecule has 1 aliphatic rings. The second kappa shape index (κ2) is 7.57. The van der Waals surface area contributed by atoms with Gasteiger partial charge in [0.1, 0.15) is 5.75 Å². The highest BCUT2D eigenvalue weighted by Gasteiger charge is 2.26. The smallest absolute Gasteiger partial charge is 0.347 e. The summed E-state index contributed by atoms with van der Waals surface area (Å²) in [5.41, 5.74) is 2.01. The molecular formula is C19H18ClNO4. The van der Waals surface area contributed by atoms with E-state index in [0.29, 0.717) is 17.3 Å². The molecule has 0 unspecified atom stereocenters. The molecule has 2 aromatic carbocycles. The highest BCUT2D eigenvalue weighted by molar-refractivity contribution is 6.30. The Balaban J connectivity index is 1.52. The van der Waals surface area contributed by atoms with Crippen molar-refractivity contribution >= 4 is 29.2 Å². The van der Waals surface area contributed by atoms with Gasteiger partial charge in [-0.1, -0.05) is 29.8 Å². The number of hydrogen-bond acceptors (Lipinski definition) is 4. The number of carbonyl (C=O) groups excluding carboxylic acids is 2.